The molecule has 6 aliphatic rings. The number of carboxylic acids is 3. The predicted molar refractivity (Wildman–Crippen MR) is 255 cm³/mol. The lowest BCUT2D eigenvalue weighted by Crippen LogP contribution is -2.72. The highest BCUT2D eigenvalue weighted by Gasteiger charge is 2.60. The maximum absolute atomic E-state index is 12.8. The van der Waals surface area contributed by atoms with Gasteiger partial charge < -0.3 is 140 Å². The molecular formula is C46H71N5O31. The molecule has 36 nitrogen and oxygen atoms in total. The number of amides is 5. The summed E-state index contributed by atoms with van der Waals surface area (Å²) in [7, 11) is 0. The van der Waals surface area contributed by atoms with Crippen LogP contribution in [-0.2, 0) is 90.5 Å². The van der Waals surface area contributed by atoms with Crippen LogP contribution in [0.2, 0.25) is 0 Å². The standard InChI is InChI=1S/C46H71N5O31/c1-10-19(47-12(3)54)24(59)28(63)45(72-10)79-34-26(61)22(50-15(6)57)43(81-37(34)40(68)69)76-31-18(9-53)75-42(21(25(31)60)49-14(5)56)78-33-20(48-13(4)55)11(2)73-46(30(33)65)80-35-27(62)23(51-16(7)58)44(82-38(35)41(70)71)77-32-17(8-52)74-36(29(32)64)39(66)67/h10-11,17-38,42-46,52-53,59-65H,8-9H2,1-7H3,(H,47,54)(H,48,55)(H,49,56)(H,50,57)(H,51,58)(H,66,67)(H,68,69)(H,70,71)/t10-,11-,17-,18-,19+,20+,21-,22+,23+,24+,25-,26-,27-,28-,29+,30-,31-,32-,33+,34+,35+,36+,37+,38+,42-,43-,44-,45-,46-/m1/s1. The Morgan fingerprint density at radius 2 is 0.659 bits per heavy atom. The van der Waals surface area contributed by atoms with Crippen LogP contribution in [0, 0.1) is 0 Å². The monoisotopic (exact) mass is 1190 g/mol. The molecule has 36 heteroatoms. The first-order valence-electron chi connectivity index (χ1n) is 25.6. The number of aliphatic carboxylic acids is 3. The number of carboxylic acid groups (broad SMARTS) is 3. The van der Waals surface area contributed by atoms with Gasteiger partial charge in [0.15, 0.2) is 49.8 Å². The highest BCUT2D eigenvalue weighted by atomic mass is 16.8. The van der Waals surface area contributed by atoms with Crippen LogP contribution >= 0.6 is 0 Å². The summed E-state index contributed by atoms with van der Waals surface area (Å²) in [5, 5.41) is 143. The van der Waals surface area contributed by atoms with E-state index in [0.717, 1.165) is 34.6 Å². The van der Waals surface area contributed by atoms with Crippen LogP contribution in [0.25, 0.3) is 0 Å². The van der Waals surface area contributed by atoms with Gasteiger partial charge in [0, 0.05) is 34.6 Å². The molecule has 0 aliphatic carbocycles. The second-order valence-electron chi connectivity index (χ2n) is 20.4. The third-order valence-corrected chi connectivity index (χ3v) is 14.2. The van der Waals surface area contributed by atoms with Gasteiger partial charge in [-0.15, -0.1) is 0 Å². The Morgan fingerprint density at radius 3 is 1.06 bits per heavy atom. The van der Waals surface area contributed by atoms with Gasteiger partial charge in [0.25, 0.3) is 0 Å². The molecule has 6 heterocycles. The highest BCUT2D eigenvalue weighted by molar-refractivity contribution is 5.77. The van der Waals surface area contributed by atoms with Crippen molar-refractivity contribution in [3.8, 4) is 0 Å². The fourth-order valence-corrected chi connectivity index (χ4v) is 10.5. The van der Waals surface area contributed by atoms with Crippen LogP contribution in [0.15, 0.2) is 0 Å². The lowest BCUT2D eigenvalue weighted by molar-refractivity contribution is -0.366. The maximum Gasteiger partial charge on any atom is 0.335 e. The van der Waals surface area contributed by atoms with Crippen molar-refractivity contribution in [2.75, 3.05) is 13.2 Å². The molecule has 0 radical (unpaired) electrons. The molecule has 17 N–H and O–H groups in total. The van der Waals surface area contributed by atoms with Gasteiger partial charge in [0.05, 0.1) is 37.5 Å². The number of carbonyl (C=O) groups is 8. The Bertz CT molecular complexity index is 2290. The van der Waals surface area contributed by atoms with Gasteiger partial charge in [0.1, 0.15) is 104 Å². The number of aliphatic hydroxyl groups excluding tert-OH is 9. The lowest BCUT2D eigenvalue weighted by atomic mass is 9.92. The van der Waals surface area contributed by atoms with E-state index in [2.05, 4.69) is 26.6 Å². The fraction of sp³-hybridized carbons (Fsp3) is 0.826. The Balaban J connectivity index is 1.26. The van der Waals surface area contributed by atoms with Crippen LogP contribution in [0.1, 0.15) is 48.5 Å². The van der Waals surface area contributed by atoms with Crippen molar-refractivity contribution >= 4 is 47.4 Å². The van der Waals surface area contributed by atoms with E-state index in [1.807, 2.05) is 0 Å². The number of rotatable bonds is 20. The zero-order valence-corrected chi connectivity index (χ0v) is 44.8. The third-order valence-electron chi connectivity index (χ3n) is 14.2. The Kier molecular flexibility index (Phi) is 22.4. The average molecular weight is 1190 g/mol. The van der Waals surface area contributed by atoms with E-state index in [1.54, 1.807) is 0 Å². The van der Waals surface area contributed by atoms with E-state index in [-0.39, 0.29) is 0 Å². The van der Waals surface area contributed by atoms with Crippen molar-refractivity contribution in [3.63, 3.8) is 0 Å². The second kappa shape index (κ2) is 27.8. The largest absolute Gasteiger partial charge is 0.479 e. The molecule has 0 bridgehead atoms. The number of carbonyl (C=O) groups excluding carboxylic acids is 5. The van der Waals surface area contributed by atoms with Crippen molar-refractivity contribution < 1.29 is 152 Å². The quantitative estimate of drug-likeness (QED) is 0.0538. The number of ether oxygens (including phenoxy) is 11. The van der Waals surface area contributed by atoms with Gasteiger partial charge in [-0.05, 0) is 13.8 Å². The third kappa shape index (κ3) is 14.7. The summed E-state index contributed by atoms with van der Waals surface area (Å²) < 4.78 is 63.8. The summed E-state index contributed by atoms with van der Waals surface area (Å²) in [4.78, 5) is 99.7. The summed E-state index contributed by atoms with van der Waals surface area (Å²) in [6.07, 6.45) is -46.8. The first-order chi connectivity index (χ1) is 38.4. The molecule has 0 saturated carbocycles. The van der Waals surface area contributed by atoms with E-state index >= 15 is 0 Å². The summed E-state index contributed by atoms with van der Waals surface area (Å²) in [5.41, 5.74) is 0. The van der Waals surface area contributed by atoms with E-state index in [4.69, 9.17) is 52.1 Å². The van der Waals surface area contributed by atoms with E-state index in [9.17, 15) is 99.6 Å². The Morgan fingerprint density at radius 1 is 0.341 bits per heavy atom. The van der Waals surface area contributed by atoms with Gasteiger partial charge >= 0.3 is 17.9 Å². The molecule has 0 aromatic heterocycles. The van der Waals surface area contributed by atoms with Crippen LogP contribution in [-0.4, -0.2) is 300 Å². The molecular weight excluding hydrogens is 1120 g/mol. The molecule has 6 saturated heterocycles. The van der Waals surface area contributed by atoms with Gasteiger partial charge in [-0.25, -0.2) is 14.4 Å². The zero-order chi connectivity index (χ0) is 61.1. The minimum atomic E-state index is -2.32. The SMILES string of the molecule is CC(=O)N[C@@H]1[C@H](O[C@H]2[C@H](O)[C@@H](NC(C)=O)[C@@H](O[C@@H]3[C@@H](O)[C@@H](O[C@H]4[C@H](O)[C@H](NC(C)=O)[C@H](O[C@H]5[C@H](O)[C@@H](C(=O)O)O[C@@H]5CO)O[C@@H]4C(=O)O)O[C@H](C)[C@@H]3NC(C)=O)O[C@@H]2CO)O[C@H](C(=O)O)[C@@H](O[C@H]2O[C@H](C)[C@H](NC(C)=O)[C@H](O)[C@H]2O)[C@@H]1O. The second-order valence-corrected chi connectivity index (χ2v) is 20.4. The highest BCUT2D eigenvalue weighted by Crippen LogP contribution is 2.37. The molecule has 0 aromatic carbocycles. The molecule has 466 valence electrons. The van der Waals surface area contributed by atoms with Crippen molar-refractivity contribution in [2.24, 2.45) is 0 Å². The van der Waals surface area contributed by atoms with E-state index < -0.39 is 238 Å². The molecule has 82 heavy (non-hydrogen) atoms. The number of aliphatic hydroxyl groups is 9. The molecule has 6 rings (SSSR count). The topological polar surface area (TPSA) is 541 Å². The van der Waals surface area contributed by atoms with E-state index in [1.165, 1.54) is 13.8 Å². The minimum Gasteiger partial charge on any atom is -0.479 e. The smallest absolute Gasteiger partial charge is 0.335 e. The first kappa shape index (κ1) is 66.1. The summed E-state index contributed by atoms with van der Waals surface area (Å²) >= 11 is 0. The van der Waals surface area contributed by atoms with Crippen LogP contribution in [0.3, 0.4) is 0 Å². The molecule has 29 atom stereocenters. The zero-order valence-electron chi connectivity index (χ0n) is 44.8. The van der Waals surface area contributed by atoms with Crippen LogP contribution in [0.5, 0.6) is 0 Å². The predicted octanol–water partition coefficient (Wildman–Crippen LogP) is -10.4. The van der Waals surface area contributed by atoms with E-state index in [0.29, 0.717) is 0 Å². The van der Waals surface area contributed by atoms with Gasteiger partial charge in [-0.3, -0.25) is 24.0 Å². The van der Waals surface area contributed by atoms with Gasteiger partial charge in [0.2, 0.25) is 29.5 Å². The van der Waals surface area contributed by atoms with Crippen molar-refractivity contribution in [3.05, 3.63) is 0 Å². The molecule has 6 aliphatic heterocycles. The number of hydrogen-bond donors (Lipinski definition) is 17. The summed E-state index contributed by atoms with van der Waals surface area (Å²) in [5.74, 6) is -9.38. The molecule has 0 unspecified atom stereocenters. The van der Waals surface area contributed by atoms with Crippen LogP contribution < -0.4 is 26.6 Å². The molecule has 0 spiro atoms. The lowest BCUT2D eigenvalue weighted by Gasteiger charge is -2.51. The Labute approximate surface area is 464 Å². The van der Waals surface area contributed by atoms with Crippen molar-refractivity contribution in [2.45, 2.75) is 226 Å². The molecule has 6 fully saturated rings. The maximum atomic E-state index is 12.8. The summed E-state index contributed by atoms with van der Waals surface area (Å²) in [6.45, 7) is 5.78. The minimum absolute atomic E-state index is 0.597. The first-order valence-corrected chi connectivity index (χ1v) is 25.6. The van der Waals surface area contributed by atoms with Crippen molar-refractivity contribution in [1.29, 1.82) is 0 Å². The fourth-order valence-electron chi connectivity index (χ4n) is 10.5. The number of hydrogen-bond acceptors (Lipinski definition) is 28. The molecule has 5 amide bonds. The summed E-state index contributed by atoms with van der Waals surface area (Å²) in [6, 6.07) is -8.14. The molecule has 0 aromatic rings. The number of nitrogens with one attached hydrogen (secondary N) is 5. The normalized spacial score (nSPS) is 44.1. The average Bonchev–Trinajstić information content (AvgIpc) is 3.80. The van der Waals surface area contributed by atoms with Gasteiger partial charge in [-0.2, -0.15) is 0 Å². The van der Waals surface area contributed by atoms with Crippen molar-refractivity contribution in [1.82, 2.24) is 26.6 Å². The Hall–Kier alpha value is -5.04. The van der Waals surface area contributed by atoms with Gasteiger partial charge in [-0.1, -0.05) is 0 Å². The van der Waals surface area contributed by atoms with Crippen LogP contribution in [0.4, 0.5) is 0 Å².